The van der Waals surface area contributed by atoms with Crippen molar-refractivity contribution in [2.45, 2.75) is 51.7 Å². The Morgan fingerprint density at radius 2 is 1.68 bits per heavy atom. The lowest BCUT2D eigenvalue weighted by Gasteiger charge is -2.33. The Morgan fingerprint density at radius 1 is 0.909 bits per heavy atom. The molecule has 0 aliphatic carbocycles. The number of aromatic nitrogens is 5. The summed E-state index contributed by atoms with van der Waals surface area (Å²) in [5.41, 5.74) is 2.87. The lowest BCUT2D eigenvalue weighted by atomic mass is 9.98. The van der Waals surface area contributed by atoms with Gasteiger partial charge >= 0.3 is 0 Å². The largest absolute Gasteiger partial charge is 0.497 e. The summed E-state index contributed by atoms with van der Waals surface area (Å²) in [5.74, 6) is 2.63. The minimum Gasteiger partial charge on any atom is -0.497 e. The van der Waals surface area contributed by atoms with Gasteiger partial charge in [0.1, 0.15) is 11.8 Å². The van der Waals surface area contributed by atoms with E-state index in [1.54, 1.807) is 21.3 Å². The topological polar surface area (TPSA) is 107 Å². The molecule has 3 aromatic carbocycles. The van der Waals surface area contributed by atoms with E-state index in [1.807, 2.05) is 65.3 Å². The molecule has 10 nitrogen and oxygen atoms in total. The van der Waals surface area contributed by atoms with E-state index < -0.39 is 6.04 Å². The highest BCUT2D eigenvalue weighted by molar-refractivity contribution is 5.80. The first-order valence-electron chi connectivity index (χ1n) is 14.8. The molecule has 0 aliphatic rings. The van der Waals surface area contributed by atoms with Crippen LogP contribution in [0, 0.1) is 0 Å². The molecular formula is C34H40N6O4. The molecule has 0 aliphatic heterocycles. The average molecular weight is 597 g/mol. The molecule has 0 saturated carbocycles. The Labute approximate surface area is 257 Å². The monoisotopic (exact) mass is 596 g/mol. The number of H-pyrrole nitrogens is 1. The Balaban J connectivity index is 1.66. The second kappa shape index (κ2) is 13.3. The summed E-state index contributed by atoms with van der Waals surface area (Å²) in [6.07, 6.45) is 1.49. The van der Waals surface area contributed by atoms with Gasteiger partial charge in [0.15, 0.2) is 17.3 Å². The van der Waals surface area contributed by atoms with Gasteiger partial charge in [-0.2, -0.15) is 0 Å². The van der Waals surface area contributed by atoms with Gasteiger partial charge in [-0.3, -0.25) is 9.69 Å². The molecule has 0 bridgehead atoms. The number of ether oxygens (including phenoxy) is 3. The maximum absolute atomic E-state index is 14.0. The van der Waals surface area contributed by atoms with E-state index in [9.17, 15) is 4.79 Å². The van der Waals surface area contributed by atoms with Crippen molar-refractivity contribution < 1.29 is 14.2 Å². The number of fused-ring (bicyclic) bond motifs is 1. The number of nitrogens with zero attached hydrogens (tertiary/aromatic N) is 5. The van der Waals surface area contributed by atoms with Gasteiger partial charge in [0.05, 0.1) is 32.4 Å². The fourth-order valence-electron chi connectivity index (χ4n) is 5.40. The molecule has 0 unspecified atom stereocenters. The Morgan fingerprint density at radius 3 is 2.39 bits per heavy atom. The van der Waals surface area contributed by atoms with Crippen LogP contribution in [0.25, 0.3) is 10.9 Å². The summed E-state index contributed by atoms with van der Waals surface area (Å²) in [6, 6.07) is 23.3. The number of rotatable bonds is 13. The molecule has 2 aromatic heterocycles. The zero-order valence-corrected chi connectivity index (χ0v) is 26.2. The number of pyridine rings is 1. The molecule has 0 fully saturated rings. The molecule has 10 heteroatoms. The number of hydrogen-bond donors (Lipinski definition) is 1. The molecular weight excluding hydrogens is 556 g/mol. The maximum Gasteiger partial charge on any atom is 0.253 e. The minimum atomic E-state index is -0.550. The molecule has 1 N–H and O–H groups in total. The second-order valence-electron chi connectivity index (χ2n) is 11.4. The highest BCUT2D eigenvalue weighted by Crippen LogP contribution is 2.33. The molecule has 0 amide bonds. The molecule has 1 atom stereocenters. The summed E-state index contributed by atoms with van der Waals surface area (Å²) >= 11 is 0. The van der Waals surface area contributed by atoms with Crippen LogP contribution >= 0.6 is 0 Å². The number of benzene rings is 3. The standard InChI is InChI=1S/C34H40N6O4/c1-7-34(2,3)40-32(36-37-38-40)31(27-20-25-14-15-26(42-4)21-28(25)35-33(27)41)39(22-24-11-9-8-10-12-24)18-17-23-13-16-29(43-5)30(19-23)44-6/h8-16,19-21,31H,7,17-18,22H2,1-6H3,(H,35,41)/t31-/m1/s1. The predicted octanol–water partition coefficient (Wildman–Crippen LogP) is 5.52. The van der Waals surface area contributed by atoms with Gasteiger partial charge in [0.25, 0.3) is 5.56 Å². The van der Waals surface area contributed by atoms with Crippen LogP contribution in [0.5, 0.6) is 17.2 Å². The van der Waals surface area contributed by atoms with E-state index in [2.05, 4.69) is 58.3 Å². The van der Waals surface area contributed by atoms with Crippen molar-refractivity contribution in [3.63, 3.8) is 0 Å². The van der Waals surface area contributed by atoms with Crippen molar-refractivity contribution in [2.24, 2.45) is 0 Å². The van der Waals surface area contributed by atoms with Gasteiger partial charge in [-0.15, -0.1) is 5.10 Å². The Bertz CT molecular complexity index is 1770. The van der Waals surface area contributed by atoms with Gasteiger partial charge in [-0.25, -0.2) is 4.68 Å². The first-order chi connectivity index (χ1) is 21.3. The Kier molecular flexibility index (Phi) is 9.29. The summed E-state index contributed by atoms with van der Waals surface area (Å²) in [6.45, 7) is 7.49. The summed E-state index contributed by atoms with van der Waals surface area (Å²) in [5, 5.41) is 14.0. The predicted molar refractivity (Wildman–Crippen MR) is 170 cm³/mol. The number of methoxy groups -OCH3 is 3. The van der Waals surface area contributed by atoms with Gasteiger partial charge < -0.3 is 19.2 Å². The number of aromatic amines is 1. The Hall–Kier alpha value is -4.70. The molecule has 0 spiro atoms. The third kappa shape index (κ3) is 6.45. The van der Waals surface area contributed by atoms with Gasteiger partial charge in [-0.05, 0) is 84.0 Å². The van der Waals surface area contributed by atoms with Crippen LogP contribution in [0.2, 0.25) is 0 Å². The van der Waals surface area contributed by atoms with Crippen LogP contribution < -0.4 is 19.8 Å². The van der Waals surface area contributed by atoms with E-state index in [0.717, 1.165) is 22.9 Å². The van der Waals surface area contributed by atoms with E-state index in [-0.39, 0.29) is 11.1 Å². The van der Waals surface area contributed by atoms with Crippen LogP contribution in [-0.2, 0) is 18.5 Å². The second-order valence-corrected chi connectivity index (χ2v) is 11.4. The SMILES string of the molecule is CCC(C)(C)n1nnnc1[C@@H](c1cc2ccc(OC)cc2[nH]c1=O)N(CCc1ccc(OC)c(OC)c1)Cc1ccccc1. The summed E-state index contributed by atoms with van der Waals surface area (Å²) in [7, 11) is 4.87. The average Bonchev–Trinajstić information content (AvgIpc) is 3.54. The maximum atomic E-state index is 14.0. The summed E-state index contributed by atoms with van der Waals surface area (Å²) in [4.78, 5) is 19.3. The van der Waals surface area contributed by atoms with Crippen molar-refractivity contribution in [2.75, 3.05) is 27.9 Å². The van der Waals surface area contributed by atoms with Crippen molar-refractivity contribution in [3.8, 4) is 17.2 Å². The third-order valence-electron chi connectivity index (χ3n) is 8.28. The smallest absolute Gasteiger partial charge is 0.253 e. The first-order valence-corrected chi connectivity index (χ1v) is 14.8. The molecule has 5 aromatic rings. The number of nitrogens with one attached hydrogen (secondary N) is 1. The molecule has 2 heterocycles. The molecule has 230 valence electrons. The van der Waals surface area contributed by atoms with Gasteiger partial charge in [-0.1, -0.05) is 43.3 Å². The zero-order valence-electron chi connectivity index (χ0n) is 26.2. The minimum absolute atomic E-state index is 0.205. The fraction of sp³-hybridized carbons (Fsp3) is 0.353. The van der Waals surface area contributed by atoms with Crippen molar-refractivity contribution in [1.29, 1.82) is 0 Å². The zero-order chi connectivity index (χ0) is 31.3. The van der Waals surface area contributed by atoms with Gasteiger partial charge in [0, 0.05) is 24.7 Å². The quantitative estimate of drug-likeness (QED) is 0.189. The van der Waals surface area contributed by atoms with Crippen LogP contribution in [0.3, 0.4) is 0 Å². The number of tetrazole rings is 1. The third-order valence-corrected chi connectivity index (χ3v) is 8.28. The van der Waals surface area contributed by atoms with Gasteiger partial charge in [0.2, 0.25) is 0 Å². The van der Waals surface area contributed by atoms with E-state index in [0.29, 0.717) is 53.7 Å². The van der Waals surface area contributed by atoms with Crippen LogP contribution in [-0.4, -0.2) is 58.0 Å². The lowest BCUT2D eigenvalue weighted by molar-refractivity contribution is 0.190. The van der Waals surface area contributed by atoms with Crippen molar-refractivity contribution in [1.82, 2.24) is 30.1 Å². The number of hydrogen-bond acceptors (Lipinski definition) is 8. The van der Waals surface area contributed by atoms with Crippen molar-refractivity contribution in [3.05, 3.63) is 106 Å². The van der Waals surface area contributed by atoms with Crippen LogP contribution in [0.1, 0.15) is 55.7 Å². The highest BCUT2D eigenvalue weighted by Gasteiger charge is 2.34. The fourth-order valence-corrected chi connectivity index (χ4v) is 5.40. The van der Waals surface area contributed by atoms with E-state index in [1.165, 1.54) is 0 Å². The van der Waals surface area contributed by atoms with Crippen LogP contribution in [0.4, 0.5) is 0 Å². The van der Waals surface area contributed by atoms with Crippen molar-refractivity contribution >= 4 is 10.9 Å². The van der Waals surface area contributed by atoms with E-state index in [4.69, 9.17) is 14.2 Å². The lowest BCUT2D eigenvalue weighted by Crippen LogP contribution is -2.39. The van der Waals surface area contributed by atoms with Crippen LogP contribution in [0.15, 0.2) is 77.6 Å². The molecule has 5 rings (SSSR count). The first kappa shape index (κ1) is 30.7. The molecule has 44 heavy (non-hydrogen) atoms. The highest BCUT2D eigenvalue weighted by atomic mass is 16.5. The normalized spacial score (nSPS) is 12.4. The molecule has 0 radical (unpaired) electrons. The molecule has 0 saturated heterocycles. The summed E-state index contributed by atoms with van der Waals surface area (Å²) < 4.78 is 18.3. The van der Waals surface area contributed by atoms with E-state index >= 15 is 0 Å².